The standard InChI is InChI=1S/C20H33N3O3/c1-12(2)21-19(25)8-17-20-14(7-18(24)22-15-5-6-15)10-23(9-13-3-4-13)16(20)11-26-17/h12-17,20H,3-11H2,1-2H3,(H,21,25)(H,22,24)/t14-,16-,17+,20-/m1/s1. The lowest BCUT2D eigenvalue weighted by molar-refractivity contribution is -0.124. The molecule has 6 heteroatoms. The molecule has 2 N–H and O–H groups in total. The van der Waals surface area contributed by atoms with Crippen LogP contribution in [-0.4, -0.2) is 60.6 Å². The van der Waals surface area contributed by atoms with Crippen LogP contribution >= 0.6 is 0 Å². The molecule has 2 aliphatic heterocycles. The van der Waals surface area contributed by atoms with Crippen LogP contribution in [0.4, 0.5) is 0 Å². The summed E-state index contributed by atoms with van der Waals surface area (Å²) in [5.41, 5.74) is 0. The van der Waals surface area contributed by atoms with Gasteiger partial charge in [0.05, 0.1) is 19.1 Å². The Morgan fingerprint density at radius 1 is 1.12 bits per heavy atom. The van der Waals surface area contributed by atoms with Crippen molar-refractivity contribution < 1.29 is 14.3 Å². The summed E-state index contributed by atoms with van der Waals surface area (Å²) in [6.45, 7) is 6.78. The zero-order valence-corrected chi connectivity index (χ0v) is 16.1. The molecule has 0 spiro atoms. The van der Waals surface area contributed by atoms with Gasteiger partial charge in [0.1, 0.15) is 0 Å². The minimum absolute atomic E-state index is 0.0540. The molecule has 26 heavy (non-hydrogen) atoms. The Hall–Kier alpha value is -1.14. The fourth-order valence-electron chi connectivity index (χ4n) is 4.77. The Labute approximate surface area is 156 Å². The molecule has 0 unspecified atom stereocenters. The Morgan fingerprint density at radius 2 is 1.88 bits per heavy atom. The number of nitrogens with zero attached hydrogens (tertiary/aromatic N) is 1. The quantitative estimate of drug-likeness (QED) is 0.682. The molecule has 2 amide bonds. The van der Waals surface area contributed by atoms with Crippen LogP contribution in [0.3, 0.4) is 0 Å². The van der Waals surface area contributed by atoms with Gasteiger partial charge in [0.15, 0.2) is 0 Å². The number of hydrogen-bond donors (Lipinski definition) is 2. The van der Waals surface area contributed by atoms with Crippen molar-refractivity contribution in [2.45, 2.75) is 76.6 Å². The van der Waals surface area contributed by atoms with Crippen LogP contribution in [0.1, 0.15) is 52.4 Å². The summed E-state index contributed by atoms with van der Waals surface area (Å²) in [5, 5.41) is 6.11. The van der Waals surface area contributed by atoms with E-state index >= 15 is 0 Å². The number of likely N-dealkylation sites (tertiary alicyclic amines) is 1. The van der Waals surface area contributed by atoms with Crippen LogP contribution in [0.5, 0.6) is 0 Å². The second kappa shape index (κ2) is 7.47. The fraction of sp³-hybridized carbons (Fsp3) is 0.900. The highest BCUT2D eigenvalue weighted by Gasteiger charge is 2.52. The number of ether oxygens (including phenoxy) is 1. The number of fused-ring (bicyclic) bond motifs is 1. The second-order valence-corrected chi connectivity index (χ2v) is 9.15. The number of nitrogens with one attached hydrogen (secondary N) is 2. The van der Waals surface area contributed by atoms with E-state index in [2.05, 4.69) is 15.5 Å². The molecular formula is C20H33N3O3. The molecule has 0 bridgehead atoms. The smallest absolute Gasteiger partial charge is 0.222 e. The van der Waals surface area contributed by atoms with Gasteiger partial charge in [-0.3, -0.25) is 14.5 Å². The Balaban J connectivity index is 1.40. The van der Waals surface area contributed by atoms with E-state index in [-0.39, 0.29) is 24.0 Å². The van der Waals surface area contributed by atoms with Crippen molar-refractivity contribution in [2.24, 2.45) is 17.8 Å². The number of amides is 2. The number of carbonyl (C=O) groups is 2. The third-order valence-electron chi connectivity index (χ3n) is 6.25. The van der Waals surface area contributed by atoms with Crippen molar-refractivity contribution in [2.75, 3.05) is 19.7 Å². The maximum Gasteiger partial charge on any atom is 0.222 e. The minimum atomic E-state index is -0.0540. The molecular weight excluding hydrogens is 330 g/mol. The number of hydrogen-bond acceptors (Lipinski definition) is 4. The summed E-state index contributed by atoms with van der Waals surface area (Å²) >= 11 is 0. The second-order valence-electron chi connectivity index (χ2n) is 9.15. The maximum absolute atomic E-state index is 12.4. The largest absolute Gasteiger partial charge is 0.376 e. The summed E-state index contributed by atoms with van der Waals surface area (Å²) in [5.74, 6) is 1.68. The normalized spacial score (nSPS) is 34.1. The molecule has 0 aromatic rings. The first-order valence-electron chi connectivity index (χ1n) is 10.4. The molecule has 4 aliphatic rings. The lowest BCUT2D eigenvalue weighted by atomic mass is 9.84. The highest BCUT2D eigenvalue weighted by molar-refractivity contribution is 5.77. The predicted octanol–water partition coefficient (Wildman–Crippen LogP) is 1.30. The molecule has 2 saturated carbocycles. The van der Waals surface area contributed by atoms with Crippen LogP contribution in [0, 0.1) is 17.8 Å². The lowest BCUT2D eigenvalue weighted by Crippen LogP contribution is -2.37. The van der Waals surface area contributed by atoms with Gasteiger partial charge in [-0.25, -0.2) is 0 Å². The molecule has 0 aromatic carbocycles. The van der Waals surface area contributed by atoms with Gasteiger partial charge >= 0.3 is 0 Å². The molecule has 4 atom stereocenters. The Morgan fingerprint density at radius 3 is 2.54 bits per heavy atom. The van der Waals surface area contributed by atoms with Gasteiger partial charge in [-0.05, 0) is 51.4 Å². The van der Waals surface area contributed by atoms with Crippen molar-refractivity contribution in [3.05, 3.63) is 0 Å². The minimum Gasteiger partial charge on any atom is -0.376 e. The maximum atomic E-state index is 12.4. The van der Waals surface area contributed by atoms with E-state index in [0.717, 1.165) is 31.8 Å². The van der Waals surface area contributed by atoms with E-state index in [4.69, 9.17) is 4.74 Å². The van der Waals surface area contributed by atoms with Gasteiger partial charge in [0.25, 0.3) is 0 Å². The molecule has 2 aliphatic carbocycles. The molecule has 2 saturated heterocycles. The van der Waals surface area contributed by atoms with Gasteiger partial charge in [-0.1, -0.05) is 0 Å². The van der Waals surface area contributed by atoms with Crippen molar-refractivity contribution >= 4 is 11.8 Å². The van der Waals surface area contributed by atoms with Crippen LogP contribution in [0.2, 0.25) is 0 Å². The fourth-order valence-corrected chi connectivity index (χ4v) is 4.77. The van der Waals surface area contributed by atoms with Gasteiger partial charge < -0.3 is 15.4 Å². The summed E-state index contributed by atoms with van der Waals surface area (Å²) < 4.78 is 6.08. The summed E-state index contributed by atoms with van der Waals surface area (Å²) in [6.07, 6.45) is 5.85. The molecule has 146 valence electrons. The Kier molecular flexibility index (Phi) is 5.24. The lowest BCUT2D eigenvalue weighted by Gasteiger charge is -2.23. The third kappa shape index (κ3) is 4.39. The first-order valence-corrected chi connectivity index (χ1v) is 10.4. The summed E-state index contributed by atoms with van der Waals surface area (Å²) in [7, 11) is 0. The molecule has 0 aromatic heterocycles. The SMILES string of the molecule is CC(C)NC(=O)C[C@@H]1OC[C@@H]2[C@H]1[C@H](CC(=O)NC1CC1)CN2CC1CC1. The number of rotatable bonds is 8. The predicted molar refractivity (Wildman–Crippen MR) is 98.5 cm³/mol. The van der Waals surface area contributed by atoms with Crippen LogP contribution < -0.4 is 10.6 Å². The monoisotopic (exact) mass is 363 g/mol. The van der Waals surface area contributed by atoms with E-state index < -0.39 is 0 Å². The van der Waals surface area contributed by atoms with Gasteiger partial charge in [-0.15, -0.1) is 0 Å². The first-order chi connectivity index (χ1) is 12.5. The topological polar surface area (TPSA) is 70.7 Å². The highest BCUT2D eigenvalue weighted by atomic mass is 16.5. The summed E-state index contributed by atoms with van der Waals surface area (Å²) in [6, 6.07) is 0.940. The van der Waals surface area contributed by atoms with E-state index in [1.165, 1.54) is 12.8 Å². The van der Waals surface area contributed by atoms with Crippen molar-refractivity contribution in [3.8, 4) is 0 Å². The van der Waals surface area contributed by atoms with Crippen molar-refractivity contribution in [1.82, 2.24) is 15.5 Å². The zero-order valence-electron chi connectivity index (χ0n) is 16.1. The highest BCUT2D eigenvalue weighted by Crippen LogP contribution is 2.43. The Bertz CT molecular complexity index is 544. The van der Waals surface area contributed by atoms with Crippen LogP contribution in [0.15, 0.2) is 0 Å². The van der Waals surface area contributed by atoms with E-state index in [1.54, 1.807) is 0 Å². The van der Waals surface area contributed by atoms with Crippen molar-refractivity contribution in [1.29, 1.82) is 0 Å². The van der Waals surface area contributed by atoms with E-state index in [0.29, 0.717) is 43.4 Å². The van der Waals surface area contributed by atoms with Gasteiger partial charge in [-0.2, -0.15) is 0 Å². The van der Waals surface area contributed by atoms with E-state index in [1.807, 2.05) is 13.8 Å². The molecule has 6 nitrogen and oxygen atoms in total. The average molecular weight is 364 g/mol. The van der Waals surface area contributed by atoms with Crippen molar-refractivity contribution in [3.63, 3.8) is 0 Å². The van der Waals surface area contributed by atoms with E-state index in [9.17, 15) is 9.59 Å². The molecule has 4 rings (SSSR count). The molecule has 0 radical (unpaired) electrons. The van der Waals surface area contributed by atoms with Gasteiger partial charge in [0, 0.05) is 43.6 Å². The van der Waals surface area contributed by atoms with Crippen LogP contribution in [-0.2, 0) is 14.3 Å². The first kappa shape index (κ1) is 18.2. The van der Waals surface area contributed by atoms with Gasteiger partial charge in [0.2, 0.25) is 11.8 Å². The third-order valence-corrected chi connectivity index (χ3v) is 6.25. The average Bonchev–Trinajstić information content (AvgIpc) is 3.45. The summed E-state index contributed by atoms with van der Waals surface area (Å²) in [4.78, 5) is 27.2. The van der Waals surface area contributed by atoms with Crippen LogP contribution in [0.25, 0.3) is 0 Å². The zero-order chi connectivity index (χ0) is 18.3. The molecule has 4 fully saturated rings. The number of carbonyl (C=O) groups excluding carboxylic acids is 2. The molecule has 2 heterocycles.